The predicted octanol–water partition coefficient (Wildman–Crippen LogP) is 3.46. The molecule has 0 atom stereocenters. The van der Waals surface area contributed by atoms with E-state index in [0.29, 0.717) is 33.4 Å². The summed E-state index contributed by atoms with van der Waals surface area (Å²) in [5.41, 5.74) is 1.53. The van der Waals surface area contributed by atoms with Crippen LogP contribution in [0.4, 0.5) is 4.39 Å². The minimum Gasteiger partial charge on any atom is -0.550 e. The predicted molar refractivity (Wildman–Crippen MR) is 101 cm³/mol. The minimum absolute atomic E-state index is 0.0372. The molecular weight excluding hydrogens is 387 g/mol. The van der Waals surface area contributed by atoms with Gasteiger partial charge < -0.3 is 19.1 Å². The summed E-state index contributed by atoms with van der Waals surface area (Å²) in [6, 6.07) is 7.81. The summed E-state index contributed by atoms with van der Waals surface area (Å²) in [4.78, 5) is 23.0. The van der Waals surface area contributed by atoms with Crippen LogP contribution in [-0.4, -0.2) is 5.97 Å². The van der Waals surface area contributed by atoms with E-state index in [1.54, 1.807) is 32.0 Å². The highest BCUT2D eigenvalue weighted by Gasteiger charge is 2.16. The van der Waals surface area contributed by atoms with Crippen LogP contribution in [0.25, 0.3) is 11.0 Å². The molecule has 146 valence electrons. The smallest absolute Gasteiger partial charge is 0.339 e. The average molecular weight is 404 g/mol. The molecule has 0 saturated heterocycles. The van der Waals surface area contributed by atoms with Gasteiger partial charge in [-0.15, -0.1) is 0 Å². The van der Waals surface area contributed by atoms with E-state index in [1.807, 2.05) is 0 Å². The SMILES string of the molecule is Cc1c(CCC(=O)[O-])c(=O)oc2c(C)c(OCc3c(F)cccc3Cl)ccc12. The molecule has 5 nitrogen and oxygen atoms in total. The summed E-state index contributed by atoms with van der Waals surface area (Å²) in [5.74, 6) is -1.27. The van der Waals surface area contributed by atoms with Gasteiger partial charge in [0, 0.05) is 28.0 Å². The van der Waals surface area contributed by atoms with Crippen molar-refractivity contribution in [1.82, 2.24) is 0 Å². The fourth-order valence-corrected chi connectivity index (χ4v) is 3.28. The Morgan fingerprint density at radius 2 is 1.93 bits per heavy atom. The zero-order chi connectivity index (χ0) is 20.4. The summed E-state index contributed by atoms with van der Waals surface area (Å²) in [7, 11) is 0. The lowest BCUT2D eigenvalue weighted by atomic mass is 10.0. The molecule has 28 heavy (non-hydrogen) atoms. The Labute approximate surface area is 165 Å². The number of ether oxygens (including phenoxy) is 1. The third kappa shape index (κ3) is 3.87. The quantitative estimate of drug-likeness (QED) is 0.589. The maximum Gasteiger partial charge on any atom is 0.339 e. The van der Waals surface area contributed by atoms with Crippen LogP contribution in [0.2, 0.25) is 5.02 Å². The summed E-state index contributed by atoms with van der Waals surface area (Å²) in [6.07, 6.45) is -0.226. The minimum atomic E-state index is -1.23. The van der Waals surface area contributed by atoms with Crippen LogP contribution in [-0.2, 0) is 17.8 Å². The number of halogens is 2. The second kappa shape index (κ2) is 8.02. The van der Waals surface area contributed by atoms with Crippen molar-refractivity contribution in [1.29, 1.82) is 0 Å². The number of benzene rings is 2. The van der Waals surface area contributed by atoms with Gasteiger partial charge in [0.1, 0.15) is 23.8 Å². The van der Waals surface area contributed by atoms with Crippen molar-refractivity contribution >= 4 is 28.5 Å². The van der Waals surface area contributed by atoms with Crippen LogP contribution < -0.4 is 15.5 Å². The van der Waals surface area contributed by atoms with Crippen molar-refractivity contribution in [3.05, 3.63) is 73.8 Å². The van der Waals surface area contributed by atoms with Crippen LogP contribution in [0.15, 0.2) is 39.5 Å². The number of fused-ring (bicyclic) bond motifs is 1. The number of hydrogen-bond donors (Lipinski definition) is 0. The lowest BCUT2D eigenvalue weighted by Gasteiger charge is -2.14. The molecule has 0 N–H and O–H groups in total. The molecule has 0 aliphatic rings. The largest absolute Gasteiger partial charge is 0.550 e. The standard InChI is InChI=1S/C21H18ClFO5/c1-11-13-6-8-18(27-10-15-16(22)4-3-5-17(15)23)12(2)20(13)28-21(26)14(11)7-9-19(24)25/h3-6,8H,7,9-10H2,1-2H3,(H,24,25)/p-1. The molecule has 7 heteroatoms. The number of carboxylic acids is 1. The number of carboxylic acid groups (broad SMARTS) is 1. The molecule has 0 aliphatic carbocycles. The van der Waals surface area contributed by atoms with Gasteiger partial charge in [0.15, 0.2) is 0 Å². The second-order valence-corrected chi connectivity index (χ2v) is 6.83. The lowest BCUT2D eigenvalue weighted by molar-refractivity contribution is -0.305. The van der Waals surface area contributed by atoms with Crippen LogP contribution in [0, 0.1) is 19.7 Å². The van der Waals surface area contributed by atoms with Gasteiger partial charge in [-0.1, -0.05) is 17.7 Å². The van der Waals surface area contributed by atoms with Crippen molar-refractivity contribution in [3.63, 3.8) is 0 Å². The first-order valence-electron chi connectivity index (χ1n) is 8.61. The molecule has 2 aromatic carbocycles. The van der Waals surface area contributed by atoms with Crippen molar-refractivity contribution in [2.24, 2.45) is 0 Å². The van der Waals surface area contributed by atoms with E-state index in [-0.39, 0.29) is 30.0 Å². The molecule has 1 aromatic heterocycles. The van der Waals surface area contributed by atoms with Crippen LogP contribution >= 0.6 is 11.6 Å². The number of carbonyl (C=O) groups excluding carboxylic acids is 1. The van der Waals surface area contributed by atoms with E-state index in [0.717, 1.165) is 0 Å². The number of aryl methyl sites for hydroxylation is 2. The summed E-state index contributed by atoms with van der Waals surface area (Å²) >= 11 is 6.02. The number of carbonyl (C=O) groups is 1. The molecule has 1 heterocycles. The van der Waals surface area contributed by atoms with E-state index in [9.17, 15) is 19.1 Å². The van der Waals surface area contributed by atoms with Crippen LogP contribution in [0.1, 0.15) is 28.7 Å². The Morgan fingerprint density at radius 1 is 1.18 bits per heavy atom. The molecule has 0 radical (unpaired) electrons. The second-order valence-electron chi connectivity index (χ2n) is 6.42. The Morgan fingerprint density at radius 3 is 2.61 bits per heavy atom. The van der Waals surface area contributed by atoms with Crippen LogP contribution in [0.5, 0.6) is 5.75 Å². The van der Waals surface area contributed by atoms with Gasteiger partial charge in [0.05, 0.1) is 5.02 Å². The van der Waals surface area contributed by atoms with E-state index in [1.165, 1.54) is 12.1 Å². The third-order valence-electron chi connectivity index (χ3n) is 4.67. The van der Waals surface area contributed by atoms with Gasteiger partial charge in [0.2, 0.25) is 0 Å². The Hall–Kier alpha value is -2.86. The zero-order valence-corrected chi connectivity index (χ0v) is 16.1. The van der Waals surface area contributed by atoms with Gasteiger partial charge in [-0.3, -0.25) is 0 Å². The molecular formula is C21H17ClFO5-. The first-order valence-corrected chi connectivity index (χ1v) is 8.98. The molecule has 0 aliphatic heterocycles. The average Bonchev–Trinajstić information content (AvgIpc) is 2.63. The van der Waals surface area contributed by atoms with Gasteiger partial charge in [-0.05, 0) is 56.5 Å². The van der Waals surface area contributed by atoms with Gasteiger partial charge in [0.25, 0.3) is 0 Å². The number of rotatable bonds is 6. The summed E-state index contributed by atoms with van der Waals surface area (Å²) in [6.45, 7) is 3.39. The first-order chi connectivity index (χ1) is 13.3. The van der Waals surface area contributed by atoms with Gasteiger partial charge >= 0.3 is 5.63 Å². The zero-order valence-electron chi connectivity index (χ0n) is 15.3. The molecule has 0 amide bonds. The fourth-order valence-electron chi connectivity index (χ4n) is 3.06. The van der Waals surface area contributed by atoms with E-state index >= 15 is 0 Å². The maximum atomic E-state index is 13.9. The molecule has 0 saturated carbocycles. The lowest BCUT2D eigenvalue weighted by Crippen LogP contribution is -2.24. The number of aliphatic carboxylic acids is 1. The third-order valence-corrected chi connectivity index (χ3v) is 5.02. The van der Waals surface area contributed by atoms with Gasteiger partial charge in [-0.25, -0.2) is 9.18 Å². The molecule has 3 rings (SSSR count). The van der Waals surface area contributed by atoms with Crippen molar-refractivity contribution in [3.8, 4) is 5.75 Å². The molecule has 0 bridgehead atoms. The first kappa shape index (κ1) is 19.9. The van der Waals surface area contributed by atoms with Gasteiger partial charge in [-0.2, -0.15) is 0 Å². The van der Waals surface area contributed by atoms with E-state index < -0.39 is 17.4 Å². The highest BCUT2D eigenvalue weighted by atomic mass is 35.5. The van der Waals surface area contributed by atoms with Crippen molar-refractivity contribution in [2.45, 2.75) is 33.3 Å². The Bertz CT molecular complexity index is 1100. The Balaban J connectivity index is 1.96. The summed E-state index contributed by atoms with van der Waals surface area (Å²) in [5, 5.41) is 11.6. The van der Waals surface area contributed by atoms with Crippen molar-refractivity contribution in [2.75, 3.05) is 0 Å². The Kier molecular flexibility index (Phi) is 5.70. The molecule has 0 fully saturated rings. The molecule has 0 unspecified atom stereocenters. The highest BCUT2D eigenvalue weighted by Crippen LogP contribution is 2.31. The monoisotopic (exact) mass is 403 g/mol. The maximum absolute atomic E-state index is 13.9. The topological polar surface area (TPSA) is 79.6 Å². The highest BCUT2D eigenvalue weighted by molar-refractivity contribution is 6.31. The van der Waals surface area contributed by atoms with Crippen molar-refractivity contribution < 1.29 is 23.4 Å². The van der Waals surface area contributed by atoms with Crippen LogP contribution in [0.3, 0.4) is 0 Å². The number of hydrogen-bond acceptors (Lipinski definition) is 5. The van der Waals surface area contributed by atoms with E-state index in [2.05, 4.69) is 0 Å². The van der Waals surface area contributed by atoms with E-state index in [4.69, 9.17) is 20.8 Å². The molecule has 0 spiro atoms. The fraction of sp³-hybridized carbons (Fsp3) is 0.238. The molecule has 3 aromatic rings. The summed E-state index contributed by atoms with van der Waals surface area (Å²) < 4.78 is 25.1. The normalized spacial score (nSPS) is 11.0.